The van der Waals surface area contributed by atoms with Crippen LogP contribution >= 0.6 is 11.3 Å². The fourth-order valence-corrected chi connectivity index (χ4v) is 4.37. The van der Waals surface area contributed by atoms with Crippen LogP contribution in [0.25, 0.3) is 11.3 Å². The lowest BCUT2D eigenvalue weighted by Gasteiger charge is -2.34. The molecule has 0 bridgehead atoms. The van der Waals surface area contributed by atoms with E-state index in [-0.39, 0.29) is 18.2 Å². The zero-order chi connectivity index (χ0) is 20.8. The maximum absolute atomic E-state index is 12.7. The van der Waals surface area contributed by atoms with Crippen LogP contribution in [0.15, 0.2) is 66.2 Å². The number of hydrogen-bond acceptors (Lipinski definition) is 5. The van der Waals surface area contributed by atoms with Gasteiger partial charge in [-0.2, -0.15) is 0 Å². The third-order valence-corrected chi connectivity index (χ3v) is 6.02. The van der Waals surface area contributed by atoms with Gasteiger partial charge in [0.05, 0.1) is 35.1 Å². The Kier molecular flexibility index (Phi) is 6.51. The first-order valence-corrected chi connectivity index (χ1v) is 10.9. The largest absolute Gasteiger partial charge is 0.353 e. The molecule has 0 aliphatic carbocycles. The van der Waals surface area contributed by atoms with Crippen molar-refractivity contribution >= 4 is 23.2 Å². The Hall–Kier alpha value is -3.03. The predicted octanol–water partition coefficient (Wildman–Crippen LogP) is 2.82. The van der Waals surface area contributed by atoms with Gasteiger partial charge >= 0.3 is 0 Å². The molecule has 0 saturated carbocycles. The van der Waals surface area contributed by atoms with E-state index in [4.69, 9.17) is 0 Å². The molecular formula is C23H24N4O2S. The number of piperazine rings is 1. The summed E-state index contributed by atoms with van der Waals surface area (Å²) in [5, 5.41) is 5.86. The van der Waals surface area contributed by atoms with Crippen LogP contribution < -0.4 is 10.6 Å². The van der Waals surface area contributed by atoms with Crippen LogP contribution in [0, 0.1) is 0 Å². The molecule has 2 amide bonds. The van der Waals surface area contributed by atoms with E-state index in [1.807, 2.05) is 60.7 Å². The van der Waals surface area contributed by atoms with Gasteiger partial charge in [0, 0.05) is 25.2 Å². The number of hydrogen-bond donors (Lipinski definition) is 2. The van der Waals surface area contributed by atoms with Gasteiger partial charge in [0.25, 0.3) is 0 Å². The SMILES string of the molecule is O=C(CC1C(=O)NCCN1Cc1ccccc1)NCc1scnc1-c1ccccc1. The number of carbonyl (C=O) groups excluding carboxylic acids is 2. The molecule has 1 saturated heterocycles. The van der Waals surface area contributed by atoms with E-state index in [1.165, 1.54) is 11.3 Å². The van der Waals surface area contributed by atoms with Crippen molar-refractivity contribution in [1.82, 2.24) is 20.5 Å². The number of aromatic nitrogens is 1. The third kappa shape index (κ3) is 4.93. The van der Waals surface area contributed by atoms with Gasteiger partial charge in [0.2, 0.25) is 11.8 Å². The van der Waals surface area contributed by atoms with Crippen molar-refractivity contribution in [2.75, 3.05) is 13.1 Å². The fraction of sp³-hybridized carbons (Fsp3) is 0.261. The predicted molar refractivity (Wildman–Crippen MR) is 118 cm³/mol. The number of nitrogens with zero attached hydrogens (tertiary/aromatic N) is 2. The third-order valence-electron chi connectivity index (χ3n) is 5.18. The fourth-order valence-electron chi connectivity index (χ4n) is 3.65. The zero-order valence-corrected chi connectivity index (χ0v) is 17.4. The molecule has 2 aromatic carbocycles. The second-order valence-electron chi connectivity index (χ2n) is 7.23. The van der Waals surface area contributed by atoms with Gasteiger partial charge < -0.3 is 10.6 Å². The molecule has 30 heavy (non-hydrogen) atoms. The van der Waals surface area contributed by atoms with Gasteiger partial charge in [-0.1, -0.05) is 60.7 Å². The van der Waals surface area contributed by atoms with Gasteiger partial charge in [-0.25, -0.2) is 4.98 Å². The van der Waals surface area contributed by atoms with Crippen molar-refractivity contribution in [3.05, 3.63) is 76.6 Å². The van der Waals surface area contributed by atoms with Gasteiger partial charge in [0.15, 0.2) is 0 Å². The van der Waals surface area contributed by atoms with E-state index in [0.29, 0.717) is 19.6 Å². The highest BCUT2D eigenvalue weighted by molar-refractivity contribution is 7.10. The van der Waals surface area contributed by atoms with Gasteiger partial charge in [-0.05, 0) is 5.56 Å². The smallest absolute Gasteiger partial charge is 0.237 e. The van der Waals surface area contributed by atoms with Crippen molar-refractivity contribution < 1.29 is 9.59 Å². The van der Waals surface area contributed by atoms with Gasteiger partial charge in [0.1, 0.15) is 0 Å². The Morgan fingerprint density at radius 3 is 2.63 bits per heavy atom. The molecule has 2 N–H and O–H groups in total. The maximum Gasteiger partial charge on any atom is 0.237 e. The Morgan fingerprint density at radius 1 is 1.13 bits per heavy atom. The van der Waals surface area contributed by atoms with E-state index in [2.05, 4.69) is 20.5 Å². The number of nitrogens with one attached hydrogen (secondary N) is 2. The summed E-state index contributed by atoms with van der Waals surface area (Å²) in [6.07, 6.45) is 0.137. The monoisotopic (exact) mass is 420 g/mol. The molecule has 1 fully saturated rings. The standard InChI is InChI=1S/C23H24N4O2S/c28-21(25-14-20-22(26-16-30-20)18-9-5-2-6-10-18)13-19-23(29)24-11-12-27(19)15-17-7-3-1-4-8-17/h1-10,16,19H,11-15H2,(H,24,29)(H,25,28). The van der Waals surface area contributed by atoms with E-state index in [9.17, 15) is 9.59 Å². The number of thiazole rings is 1. The second-order valence-corrected chi connectivity index (χ2v) is 8.17. The first-order chi connectivity index (χ1) is 14.7. The highest BCUT2D eigenvalue weighted by Gasteiger charge is 2.31. The minimum absolute atomic E-state index is 0.0879. The molecule has 2 heterocycles. The van der Waals surface area contributed by atoms with E-state index < -0.39 is 6.04 Å². The van der Waals surface area contributed by atoms with Crippen molar-refractivity contribution in [2.24, 2.45) is 0 Å². The molecule has 0 radical (unpaired) electrons. The first kappa shape index (κ1) is 20.3. The van der Waals surface area contributed by atoms with Crippen LogP contribution in [0.3, 0.4) is 0 Å². The molecule has 4 rings (SSSR count). The van der Waals surface area contributed by atoms with Gasteiger partial charge in [-0.15, -0.1) is 11.3 Å². The highest BCUT2D eigenvalue weighted by atomic mass is 32.1. The molecule has 1 aliphatic rings. The summed E-state index contributed by atoms with van der Waals surface area (Å²) in [6.45, 7) is 2.39. The number of rotatable bonds is 7. The summed E-state index contributed by atoms with van der Waals surface area (Å²) in [6, 6.07) is 19.5. The second kappa shape index (κ2) is 9.65. The van der Waals surface area contributed by atoms with Crippen LogP contribution in [-0.2, 0) is 22.7 Å². The van der Waals surface area contributed by atoms with Crippen molar-refractivity contribution in [3.8, 4) is 11.3 Å². The lowest BCUT2D eigenvalue weighted by Crippen LogP contribution is -2.56. The zero-order valence-electron chi connectivity index (χ0n) is 16.6. The Balaban J connectivity index is 1.38. The summed E-state index contributed by atoms with van der Waals surface area (Å²) < 4.78 is 0. The average Bonchev–Trinajstić information content (AvgIpc) is 3.25. The first-order valence-electron chi connectivity index (χ1n) is 10.0. The quantitative estimate of drug-likeness (QED) is 0.616. The van der Waals surface area contributed by atoms with Gasteiger partial charge in [-0.3, -0.25) is 14.5 Å². The molecule has 6 nitrogen and oxygen atoms in total. The summed E-state index contributed by atoms with van der Waals surface area (Å²) in [7, 11) is 0. The summed E-state index contributed by atoms with van der Waals surface area (Å²) in [5.41, 5.74) is 4.85. The van der Waals surface area contributed by atoms with E-state index >= 15 is 0 Å². The van der Waals surface area contributed by atoms with Crippen LogP contribution in [0.4, 0.5) is 0 Å². The maximum atomic E-state index is 12.7. The topological polar surface area (TPSA) is 74.3 Å². The Labute approximate surface area is 180 Å². The van der Waals surface area contributed by atoms with Crippen LogP contribution in [0.1, 0.15) is 16.9 Å². The lowest BCUT2D eigenvalue weighted by atomic mass is 10.1. The van der Waals surface area contributed by atoms with Crippen molar-refractivity contribution in [2.45, 2.75) is 25.6 Å². The molecule has 1 unspecified atom stereocenters. The molecule has 3 aromatic rings. The Bertz CT molecular complexity index is 991. The number of amides is 2. The molecule has 1 atom stereocenters. The number of carbonyl (C=O) groups is 2. The van der Waals surface area contributed by atoms with Crippen LogP contribution in [0.2, 0.25) is 0 Å². The molecule has 154 valence electrons. The molecular weight excluding hydrogens is 396 g/mol. The highest BCUT2D eigenvalue weighted by Crippen LogP contribution is 2.25. The lowest BCUT2D eigenvalue weighted by molar-refractivity contribution is -0.134. The molecule has 7 heteroatoms. The van der Waals surface area contributed by atoms with Crippen molar-refractivity contribution in [3.63, 3.8) is 0 Å². The average molecular weight is 421 g/mol. The molecule has 1 aliphatic heterocycles. The Morgan fingerprint density at radius 2 is 1.87 bits per heavy atom. The summed E-state index contributed by atoms with van der Waals surface area (Å²) in [5.74, 6) is -0.224. The minimum atomic E-state index is -0.464. The van der Waals surface area contributed by atoms with Crippen LogP contribution in [0.5, 0.6) is 0 Å². The minimum Gasteiger partial charge on any atom is -0.353 e. The van der Waals surface area contributed by atoms with Crippen molar-refractivity contribution in [1.29, 1.82) is 0 Å². The molecule has 1 aromatic heterocycles. The summed E-state index contributed by atoms with van der Waals surface area (Å²) in [4.78, 5) is 32.7. The van der Waals surface area contributed by atoms with Crippen LogP contribution in [-0.4, -0.2) is 40.8 Å². The normalized spacial score (nSPS) is 16.8. The number of benzene rings is 2. The van der Waals surface area contributed by atoms with E-state index in [0.717, 1.165) is 28.2 Å². The van der Waals surface area contributed by atoms with E-state index in [1.54, 1.807) is 5.51 Å². The molecule has 0 spiro atoms. The summed E-state index contributed by atoms with van der Waals surface area (Å²) >= 11 is 1.52.